The van der Waals surface area contributed by atoms with Crippen molar-refractivity contribution in [3.05, 3.63) is 71.0 Å². The van der Waals surface area contributed by atoms with Crippen LogP contribution in [-0.4, -0.2) is 11.6 Å². The molecule has 0 atom stereocenters. The van der Waals surface area contributed by atoms with E-state index in [9.17, 15) is 27.2 Å². The number of Topliss-reactive ketones (excluding diaryl/α,β-unsaturated/α-hetero) is 2. The predicted molar refractivity (Wildman–Crippen MR) is 66.5 cm³/mol. The van der Waals surface area contributed by atoms with Crippen molar-refractivity contribution < 1.29 is 27.2 Å². The first-order chi connectivity index (χ1) is 9.80. The Kier molecular flexibility index (Phi) is 3.88. The Balaban J connectivity index is 2.33. The summed E-state index contributed by atoms with van der Waals surface area (Å²) in [7, 11) is 0. The van der Waals surface area contributed by atoms with E-state index in [-0.39, 0.29) is 5.56 Å². The Morgan fingerprint density at radius 2 is 1.38 bits per heavy atom. The molecule has 6 heteroatoms. The number of hydrogen-bond acceptors (Lipinski definition) is 2. The minimum atomic E-state index is -4.85. The van der Waals surface area contributed by atoms with Gasteiger partial charge in [0.1, 0.15) is 5.82 Å². The molecule has 0 N–H and O–H groups in total. The second-order valence-electron chi connectivity index (χ2n) is 4.22. The summed E-state index contributed by atoms with van der Waals surface area (Å²) in [5.74, 6) is -3.56. The van der Waals surface area contributed by atoms with E-state index >= 15 is 0 Å². The summed E-state index contributed by atoms with van der Waals surface area (Å²) in [6.07, 6.45) is -4.85. The lowest BCUT2D eigenvalue weighted by Gasteiger charge is -2.08. The molecule has 0 heterocycles. The second-order valence-corrected chi connectivity index (χ2v) is 4.22. The highest BCUT2D eigenvalue weighted by molar-refractivity contribution is 6.49. The van der Waals surface area contributed by atoms with Crippen molar-refractivity contribution in [3.63, 3.8) is 0 Å². The lowest BCUT2D eigenvalue weighted by atomic mass is 10.0. The van der Waals surface area contributed by atoms with E-state index in [0.29, 0.717) is 12.1 Å². The SMILES string of the molecule is O=C(C(=O)c1ccc(C(F)(F)F)c(F)c1)c1ccccc1. The van der Waals surface area contributed by atoms with Gasteiger partial charge in [-0.15, -0.1) is 0 Å². The van der Waals surface area contributed by atoms with Gasteiger partial charge in [-0.05, 0) is 12.1 Å². The predicted octanol–water partition coefficient (Wildman–Crippen LogP) is 3.91. The highest BCUT2D eigenvalue weighted by atomic mass is 19.4. The van der Waals surface area contributed by atoms with Crippen LogP contribution in [0.4, 0.5) is 17.6 Å². The van der Waals surface area contributed by atoms with E-state index < -0.39 is 34.7 Å². The van der Waals surface area contributed by atoms with E-state index in [1.807, 2.05) is 0 Å². The van der Waals surface area contributed by atoms with Crippen LogP contribution >= 0.6 is 0 Å². The van der Waals surface area contributed by atoms with Crippen LogP contribution in [0.25, 0.3) is 0 Å². The first-order valence-corrected chi connectivity index (χ1v) is 5.81. The van der Waals surface area contributed by atoms with Gasteiger partial charge in [0.2, 0.25) is 11.6 Å². The summed E-state index contributed by atoms with van der Waals surface area (Å²) in [6, 6.07) is 9.14. The lowest BCUT2D eigenvalue weighted by molar-refractivity contribution is -0.140. The molecule has 108 valence electrons. The maximum atomic E-state index is 13.4. The Morgan fingerprint density at radius 1 is 0.810 bits per heavy atom. The highest BCUT2D eigenvalue weighted by Crippen LogP contribution is 2.31. The molecule has 0 fully saturated rings. The van der Waals surface area contributed by atoms with Crippen LogP contribution in [0.2, 0.25) is 0 Å². The molecule has 2 aromatic rings. The van der Waals surface area contributed by atoms with Crippen LogP contribution in [0.3, 0.4) is 0 Å². The first-order valence-electron chi connectivity index (χ1n) is 5.81. The van der Waals surface area contributed by atoms with Gasteiger partial charge in [0.15, 0.2) is 0 Å². The molecule has 0 aromatic heterocycles. The molecule has 0 spiro atoms. The fourth-order valence-corrected chi connectivity index (χ4v) is 1.74. The molecular weight excluding hydrogens is 288 g/mol. The van der Waals surface area contributed by atoms with Gasteiger partial charge in [-0.25, -0.2) is 4.39 Å². The second kappa shape index (κ2) is 5.47. The fraction of sp³-hybridized carbons (Fsp3) is 0.0667. The van der Waals surface area contributed by atoms with Gasteiger partial charge in [-0.3, -0.25) is 9.59 Å². The zero-order valence-corrected chi connectivity index (χ0v) is 10.4. The summed E-state index contributed by atoms with van der Waals surface area (Å²) >= 11 is 0. The molecule has 2 rings (SSSR count). The molecule has 0 unspecified atom stereocenters. The third kappa shape index (κ3) is 3.16. The first kappa shape index (κ1) is 14.9. The van der Waals surface area contributed by atoms with Crippen LogP contribution in [0.1, 0.15) is 26.3 Å². The van der Waals surface area contributed by atoms with Gasteiger partial charge in [-0.1, -0.05) is 36.4 Å². The van der Waals surface area contributed by atoms with Crippen molar-refractivity contribution in [1.29, 1.82) is 0 Å². The van der Waals surface area contributed by atoms with Crippen molar-refractivity contribution in [2.75, 3.05) is 0 Å². The molecule has 0 aliphatic rings. The lowest BCUT2D eigenvalue weighted by Crippen LogP contribution is -2.16. The largest absolute Gasteiger partial charge is 0.419 e. The highest BCUT2D eigenvalue weighted by Gasteiger charge is 2.34. The van der Waals surface area contributed by atoms with Crippen molar-refractivity contribution in [3.8, 4) is 0 Å². The summed E-state index contributed by atoms with van der Waals surface area (Å²) in [5, 5.41) is 0. The van der Waals surface area contributed by atoms with E-state index in [1.54, 1.807) is 6.07 Å². The molecule has 0 saturated carbocycles. The number of halogens is 4. The quantitative estimate of drug-likeness (QED) is 0.489. The minimum Gasteiger partial charge on any atom is -0.285 e. The zero-order valence-electron chi connectivity index (χ0n) is 10.4. The van der Waals surface area contributed by atoms with Gasteiger partial charge in [-0.2, -0.15) is 13.2 Å². The Morgan fingerprint density at radius 3 is 1.90 bits per heavy atom. The number of benzene rings is 2. The Bertz CT molecular complexity index is 691. The maximum Gasteiger partial charge on any atom is 0.419 e. The van der Waals surface area contributed by atoms with Crippen molar-refractivity contribution in [2.24, 2.45) is 0 Å². The van der Waals surface area contributed by atoms with Gasteiger partial charge in [0, 0.05) is 11.1 Å². The van der Waals surface area contributed by atoms with Crippen LogP contribution in [-0.2, 0) is 6.18 Å². The van der Waals surface area contributed by atoms with E-state index in [1.165, 1.54) is 24.3 Å². The number of alkyl halides is 3. The number of ketones is 2. The number of carbonyl (C=O) groups excluding carboxylic acids is 2. The summed E-state index contributed by atoms with van der Waals surface area (Å²) < 4.78 is 50.6. The average Bonchev–Trinajstić information content (AvgIpc) is 2.45. The van der Waals surface area contributed by atoms with Gasteiger partial charge in [0.25, 0.3) is 0 Å². The normalized spacial score (nSPS) is 11.2. The summed E-state index contributed by atoms with van der Waals surface area (Å²) in [5.41, 5.74) is -1.82. The van der Waals surface area contributed by atoms with Crippen molar-refractivity contribution >= 4 is 11.6 Å². The topological polar surface area (TPSA) is 34.1 Å². The van der Waals surface area contributed by atoms with Crippen molar-refractivity contribution in [2.45, 2.75) is 6.18 Å². The maximum absolute atomic E-state index is 13.4. The molecule has 0 amide bonds. The third-order valence-corrected chi connectivity index (χ3v) is 2.78. The van der Waals surface area contributed by atoms with Gasteiger partial charge >= 0.3 is 6.18 Å². The number of hydrogen-bond donors (Lipinski definition) is 0. The van der Waals surface area contributed by atoms with E-state index in [0.717, 1.165) is 6.07 Å². The van der Waals surface area contributed by atoms with Crippen LogP contribution in [0, 0.1) is 5.82 Å². The van der Waals surface area contributed by atoms with Gasteiger partial charge < -0.3 is 0 Å². The zero-order chi connectivity index (χ0) is 15.6. The molecule has 0 saturated heterocycles. The minimum absolute atomic E-state index is 0.0859. The Labute approximate surface area is 117 Å². The summed E-state index contributed by atoms with van der Waals surface area (Å²) in [6.45, 7) is 0. The molecule has 0 aliphatic heterocycles. The molecule has 21 heavy (non-hydrogen) atoms. The molecular formula is C15H8F4O2. The molecule has 2 aromatic carbocycles. The molecule has 2 nitrogen and oxygen atoms in total. The van der Waals surface area contributed by atoms with Crippen LogP contribution in [0.5, 0.6) is 0 Å². The summed E-state index contributed by atoms with van der Waals surface area (Å²) in [4.78, 5) is 23.7. The van der Waals surface area contributed by atoms with Crippen LogP contribution in [0.15, 0.2) is 48.5 Å². The molecule has 0 bridgehead atoms. The fourth-order valence-electron chi connectivity index (χ4n) is 1.74. The van der Waals surface area contributed by atoms with Crippen LogP contribution < -0.4 is 0 Å². The number of rotatable bonds is 3. The monoisotopic (exact) mass is 296 g/mol. The van der Waals surface area contributed by atoms with E-state index in [2.05, 4.69) is 0 Å². The van der Waals surface area contributed by atoms with Gasteiger partial charge in [0.05, 0.1) is 5.56 Å². The Hall–Kier alpha value is -2.50. The van der Waals surface area contributed by atoms with Crippen molar-refractivity contribution in [1.82, 2.24) is 0 Å². The smallest absolute Gasteiger partial charge is 0.285 e. The average molecular weight is 296 g/mol. The van der Waals surface area contributed by atoms with E-state index in [4.69, 9.17) is 0 Å². The third-order valence-electron chi connectivity index (χ3n) is 2.78. The standard InChI is InChI=1S/C15H8F4O2/c16-12-8-10(6-7-11(12)15(17,18)19)14(21)13(20)9-4-2-1-3-5-9/h1-8H. The molecule has 0 aliphatic carbocycles. The number of carbonyl (C=O) groups is 2. The molecule has 0 radical (unpaired) electrons.